The van der Waals surface area contributed by atoms with Crippen LogP contribution < -0.4 is 5.32 Å². The minimum absolute atomic E-state index is 0.0903. The average Bonchev–Trinajstić information content (AvgIpc) is 2.38. The first-order valence-electron chi connectivity index (χ1n) is 6.83. The van der Waals surface area contributed by atoms with Crippen molar-refractivity contribution >= 4 is 11.9 Å². The first kappa shape index (κ1) is 13.3. The molecule has 1 amide bonds. The molecule has 5 nitrogen and oxygen atoms in total. The Kier molecular flexibility index (Phi) is 4.22. The van der Waals surface area contributed by atoms with Gasteiger partial charge in [-0.15, -0.1) is 0 Å². The summed E-state index contributed by atoms with van der Waals surface area (Å²) in [6.07, 6.45) is 3.47. The quantitative estimate of drug-likeness (QED) is 0.761. The van der Waals surface area contributed by atoms with Crippen LogP contribution in [0.5, 0.6) is 0 Å². The van der Waals surface area contributed by atoms with Gasteiger partial charge in [-0.2, -0.15) is 0 Å². The second-order valence-electron chi connectivity index (χ2n) is 5.60. The van der Waals surface area contributed by atoms with Crippen LogP contribution in [0.2, 0.25) is 0 Å². The molecule has 2 rings (SSSR count). The van der Waals surface area contributed by atoms with Gasteiger partial charge in [-0.25, -0.2) is 0 Å². The third-order valence-corrected chi connectivity index (χ3v) is 4.05. The summed E-state index contributed by atoms with van der Waals surface area (Å²) >= 11 is 0. The largest absolute Gasteiger partial charge is 0.481 e. The van der Waals surface area contributed by atoms with E-state index in [1.807, 2.05) is 0 Å². The van der Waals surface area contributed by atoms with Crippen LogP contribution in [0, 0.1) is 11.8 Å². The Balaban J connectivity index is 1.93. The molecule has 102 valence electrons. The molecule has 2 fully saturated rings. The fraction of sp³-hybridized carbons (Fsp3) is 0.846. The van der Waals surface area contributed by atoms with Crippen LogP contribution in [0.1, 0.15) is 32.6 Å². The van der Waals surface area contributed by atoms with Crippen molar-refractivity contribution in [2.75, 3.05) is 19.6 Å². The first-order chi connectivity index (χ1) is 8.58. The van der Waals surface area contributed by atoms with E-state index in [1.165, 1.54) is 0 Å². The maximum absolute atomic E-state index is 12.3. The van der Waals surface area contributed by atoms with Crippen molar-refractivity contribution < 1.29 is 14.7 Å². The fourth-order valence-corrected chi connectivity index (χ4v) is 2.89. The molecule has 0 aliphatic carbocycles. The van der Waals surface area contributed by atoms with Crippen molar-refractivity contribution in [2.24, 2.45) is 11.8 Å². The van der Waals surface area contributed by atoms with E-state index in [0.717, 1.165) is 25.8 Å². The number of carbonyl (C=O) groups excluding carboxylic acids is 1. The number of hydrogen-bond acceptors (Lipinski definition) is 3. The van der Waals surface area contributed by atoms with Gasteiger partial charge in [0.1, 0.15) is 0 Å². The number of amides is 1. The molecule has 0 aromatic heterocycles. The highest BCUT2D eigenvalue weighted by Gasteiger charge is 2.33. The van der Waals surface area contributed by atoms with E-state index in [4.69, 9.17) is 5.11 Å². The minimum Gasteiger partial charge on any atom is -0.481 e. The summed E-state index contributed by atoms with van der Waals surface area (Å²) in [5, 5.41) is 12.3. The molecule has 2 N–H and O–H groups in total. The van der Waals surface area contributed by atoms with Gasteiger partial charge in [-0.05, 0) is 38.1 Å². The first-order valence-corrected chi connectivity index (χ1v) is 6.83. The van der Waals surface area contributed by atoms with Crippen molar-refractivity contribution in [3.05, 3.63) is 0 Å². The monoisotopic (exact) mass is 254 g/mol. The van der Waals surface area contributed by atoms with E-state index in [1.54, 1.807) is 4.90 Å². The van der Waals surface area contributed by atoms with Crippen LogP contribution in [-0.4, -0.2) is 47.6 Å². The third-order valence-electron chi connectivity index (χ3n) is 4.05. The van der Waals surface area contributed by atoms with Gasteiger partial charge in [-0.1, -0.05) is 6.92 Å². The Morgan fingerprint density at radius 3 is 2.78 bits per heavy atom. The summed E-state index contributed by atoms with van der Waals surface area (Å²) in [7, 11) is 0. The van der Waals surface area contributed by atoms with Crippen LogP contribution >= 0.6 is 0 Å². The summed E-state index contributed by atoms with van der Waals surface area (Å²) in [5.74, 6) is -0.506. The Hall–Kier alpha value is -1.10. The zero-order valence-corrected chi connectivity index (χ0v) is 10.9. The highest BCUT2D eigenvalue weighted by molar-refractivity contribution is 5.83. The molecule has 2 aliphatic heterocycles. The Morgan fingerprint density at radius 1 is 1.33 bits per heavy atom. The Labute approximate surface area is 108 Å². The van der Waals surface area contributed by atoms with Gasteiger partial charge < -0.3 is 15.3 Å². The topological polar surface area (TPSA) is 69.6 Å². The molecule has 0 aromatic rings. The standard InChI is InChI=1S/C13H22N2O3/c1-9-4-5-14-11(7-9)12(16)15-6-2-3-10(8-15)13(17)18/h9-11,14H,2-8H2,1H3,(H,17,18). The number of aliphatic carboxylic acids is 1. The van der Waals surface area contributed by atoms with Crippen LogP contribution in [0.15, 0.2) is 0 Å². The van der Waals surface area contributed by atoms with Crippen molar-refractivity contribution in [2.45, 2.75) is 38.6 Å². The zero-order valence-electron chi connectivity index (χ0n) is 10.9. The van der Waals surface area contributed by atoms with Gasteiger partial charge in [0.25, 0.3) is 0 Å². The molecule has 0 saturated carbocycles. The van der Waals surface area contributed by atoms with E-state index >= 15 is 0 Å². The van der Waals surface area contributed by atoms with Gasteiger partial charge in [0.05, 0.1) is 12.0 Å². The molecular formula is C13H22N2O3. The number of carboxylic acids is 1. The normalized spacial score (nSPS) is 33.2. The Morgan fingerprint density at radius 2 is 2.11 bits per heavy atom. The number of carboxylic acid groups (broad SMARTS) is 1. The van der Waals surface area contributed by atoms with Crippen LogP contribution in [0.4, 0.5) is 0 Å². The van der Waals surface area contributed by atoms with Crippen molar-refractivity contribution in [3.63, 3.8) is 0 Å². The highest BCUT2D eigenvalue weighted by atomic mass is 16.4. The lowest BCUT2D eigenvalue weighted by Gasteiger charge is -2.36. The van der Waals surface area contributed by atoms with Crippen LogP contribution in [0.25, 0.3) is 0 Å². The SMILES string of the molecule is CC1CCNC(C(=O)N2CCCC(C(=O)O)C2)C1. The molecule has 0 bridgehead atoms. The predicted octanol–water partition coefficient (Wildman–Crippen LogP) is 0.698. The molecule has 0 spiro atoms. The van der Waals surface area contributed by atoms with E-state index in [-0.39, 0.29) is 17.9 Å². The second kappa shape index (κ2) is 5.69. The number of nitrogens with one attached hydrogen (secondary N) is 1. The fourth-order valence-electron chi connectivity index (χ4n) is 2.89. The molecule has 2 aliphatic rings. The zero-order chi connectivity index (χ0) is 13.1. The van der Waals surface area contributed by atoms with Gasteiger partial charge in [0, 0.05) is 13.1 Å². The van der Waals surface area contributed by atoms with E-state index in [9.17, 15) is 9.59 Å². The molecule has 5 heteroatoms. The molecule has 2 heterocycles. The van der Waals surface area contributed by atoms with Gasteiger partial charge in [-0.3, -0.25) is 9.59 Å². The third kappa shape index (κ3) is 3.02. The molecule has 2 saturated heterocycles. The number of likely N-dealkylation sites (tertiary alicyclic amines) is 1. The summed E-state index contributed by atoms with van der Waals surface area (Å²) < 4.78 is 0. The van der Waals surface area contributed by atoms with Crippen molar-refractivity contribution in [3.8, 4) is 0 Å². The van der Waals surface area contributed by atoms with Gasteiger partial charge in [0.2, 0.25) is 5.91 Å². The van der Waals surface area contributed by atoms with Crippen molar-refractivity contribution in [1.29, 1.82) is 0 Å². The number of carbonyl (C=O) groups is 2. The predicted molar refractivity (Wildman–Crippen MR) is 67.1 cm³/mol. The molecule has 18 heavy (non-hydrogen) atoms. The maximum atomic E-state index is 12.3. The smallest absolute Gasteiger partial charge is 0.308 e. The lowest BCUT2D eigenvalue weighted by molar-refractivity contribution is -0.146. The number of hydrogen-bond donors (Lipinski definition) is 2. The summed E-state index contributed by atoms with van der Waals surface area (Å²) in [6, 6.07) is -0.110. The molecule has 3 atom stereocenters. The molecule has 0 aromatic carbocycles. The van der Waals surface area contributed by atoms with E-state index in [0.29, 0.717) is 25.4 Å². The Bertz CT molecular complexity index is 332. The second-order valence-corrected chi connectivity index (χ2v) is 5.60. The summed E-state index contributed by atoms with van der Waals surface area (Å²) in [5.41, 5.74) is 0. The number of piperidine rings is 2. The van der Waals surface area contributed by atoms with Crippen LogP contribution in [0.3, 0.4) is 0 Å². The maximum Gasteiger partial charge on any atom is 0.308 e. The minimum atomic E-state index is -0.780. The molecule has 0 radical (unpaired) electrons. The molecular weight excluding hydrogens is 232 g/mol. The average molecular weight is 254 g/mol. The number of nitrogens with zero attached hydrogens (tertiary/aromatic N) is 1. The van der Waals surface area contributed by atoms with Crippen molar-refractivity contribution in [1.82, 2.24) is 10.2 Å². The van der Waals surface area contributed by atoms with Gasteiger partial charge >= 0.3 is 5.97 Å². The van der Waals surface area contributed by atoms with Crippen LogP contribution in [-0.2, 0) is 9.59 Å². The summed E-state index contributed by atoms with van der Waals surface area (Å²) in [4.78, 5) is 25.1. The van der Waals surface area contributed by atoms with Gasteiger partial charge in [0.15, 0.2) is 0 Å². The summed E-state index contributed by atoms with van der Waals surface area (Å²) in [6.45, 7) is 4.13. The highest BCUT2D eigenvalue weighted by Crippen LogP contribution is 2.21. The van der Waals surface area contributed by atoms with E-state index in [2.05, 4.69) is 12.2 Å². The molecule has 3 unspecified atom stereocenters. The number of rotatable bonds is 2. The lowest BCUT2D eigenvalue weighted by atomic mass is 9.92. The lowest BCUT2D eigenvalue weighted by Crippen LogP contribution is -2.53. The van der Waals surface area contributed by atoms with E-state index < -0.39 is 5.97 Å².